The van der Waals surface area contributed by atoms with Crippen molar-refractivity contribution in [3.05, 3.63) is 0 Å². The number of hydrogen-bond donors (Lipinski definition) is 3. The molecule has 4 atom stereocenters. The van der Waals surface area contributed by atoms with Gasteiger partial charge in [0.25, 0.3) is 0 Å². The monoisotopic (exact) mass is 482 g/mol. The van der Waals surface area contributed by atoms with Crippen molar-refractivity contribution in [2.45, 2.75) is 33.4 Å². The van der Waals surface area contributed by atoms with Gasteiger partial charge in [-0.3, -0.25) is 14.1 Å². The van der Waals surface area contributed by atoms with Crippen molar-refractivity contribution >= 4 is 34.3 Å². The molecule has 3 saturated heterocycles. The summed E-state index contributed by atoms with van der Waals surface area (Å²) in [6.45, 7) is 4.59. The molecule has 14 nitrogen and oxygen atoms in total. The highest BCUT2D eigenvalue weighted by Gasteiger charge is 2.51. The van der Waals surface area contributed by atoms with Gasteiger partial charge in [0, 0.05) is 6.54 Å². The lowest BCUT2D eigenvalue weighted by Crippen LogP contribution is -2.65. The molecule has 3 fully saturated rings. The number of β-lactam (4-membered cyclic amide) rings is 1. The number of carbonyl (C=O) groups excluding carboxylic acids is 4. The standard InChI is InChI=1S/C8H12N2O6S.C8H14N2O4.CH4/c1-5-6(4-9-2-3-16-8(9)12)10(7(5)11)17(13,14)15;1-5(7(9)12)6(11)4-10-2-3-14-8(10)13;/h5-6H,2-4H2,1H3,(H,13,14,15);5-6,11H,2-4H2,1H3,(H2,9,12);1H4/t5-,6+;5-,6-;/m00./s1. The van der Waals surface area contributed by atoms with E-state index in [1.54, 1.807) is 6.92 Å². The molecule has 0 radical (unpaired) electrons. The molecule has 0 spiro atoms. The van der Waals surface area contributed by atoms with E-state index < -0.39 is 58.3 Å². The van der Waals surface area contributed by atoms with Gasteiger partial charge >= 0.3 is 22.5 Å². The minimum Gasteiger partial charge on any atom is -0.448 e. The molecule has 184 valence electrons. The van der Waals surface area contributed by atoms with Crippen LogP contribution in [-0.4, -0.2) is 108 Å². The third kappa shape index (κ3) is 6.20. The van der Waals surface area contributed by atoms with Gasteiger partial charge in [-0.05, 0) is 0 Å². The fraction of sp³-hybridized carbons (Fsp3) is 0.765. The molecule has 0 aliphatic carbocycles. The number of nitrogens with two attached hydrogens (primary N) is 1. The maximum atomic E-state index is 11.3. The number of carbonyl (C=O) groups is 4. The Kier molecular flexibility index (Phi) is 9.23. The largest absolute Gasteiger partial charge is 0.448 e. The maximum Gasteiger partial charge on any atom is 0.410 e. The SMILES string of the molecule is C.C[C@@H]1C(=O)N(S(=O)(=O)O)[C@@H]1CN1CCOC1=O.C[C@H](C(N)=O)[C@@H](O)CN1CCOC1=O. The Morgan fingerprint density at radius 2 is 1.66 bits per heavy atom. The second kappa shape index (κ2) is 10.8. The summed E-state index contributed by atoms with van der Waals surface area (Å²) in [6.07, 6.45) is -1.93. The number of hydrogen-bond acceptors (Lipinski definition) is 9. The molecular formula is C17H30N4O10S. The average molecular weight is 483 g/mol. The molecule has 3 aliphatic rings. The summed E-state index contributed by atoms with van der Waals surface area (Å²) in [4.78, 5) is 46.9. The van der Waals surface area contributed by atoms with Gasteiger partial charge in [-0.15, -0.1) is 0 Å². The molecule has 0 aromatic carbocycles. The summed E-state index contributed by atoms with van der Waals surface area (Å²) in [7, 11) is -4.55. The number of rotatable bonds is 7. The van der Waals surface area contributed by atoms with Gasteiger partial charge in [-0.25, -0.2) is 13.9 Å². The Morgan fingerprint density at radius 3 is 2.06 bits per heavy atom. The summed E-state index contributed by atoms with van der Waals surface area (Å²) < 4.78 is 40.6. The first-order valence-corrected chi connectivity index (χ1v) is 10.9. The summed E-state index contributed by atoms with van der Waals surface area (Å²) >= 11 is 0. The van der Waals surface area contributed by atoms with Crippen LogP contribution >= 0.6 is 0 Å². The van der Waals surface area contributed by atoms with Crippen molar-refractivity contribution in [3.8, 4) is 0 Å². The van der Waals surface area contributed by atoms with Gasteiger partial charge in [-0.2, -0.15) is 8.42 Å². The first kappa shape index (κ1) is 27.4. The van der Waals surface area contributed by atoms with Crippen LogP contribution in [0.5, 0.6) is 0 Å². The van der Waals surface area contributed by atoms with E-state index in [0.717, 1.165) is 0 Å². The van der Waals surface area contributed by atoms with Crippen molar-refractivity contribution in [2.75, 3.05) is 39.4 Å². The van der Waals surface area contributed by atoms with E-state index in [1.165, 1.54) is 16.7 Å². The van der Waals surface area contributed by atoms with Gasteiger partial charge in [0.2, 0.25) is 11.8 Å². The lowest BCUT2D eigenvalue weighted by Gasteiger charge is -2.43. The molecule has 3 heterocycles. The molecular weight excluding hydrogens is 452 g/mol. The molecule has 0 saturated carbocycles. The van der Waals surface area contributed by atoms with Crippen molar-refractivity contribution < 1.29 is 46.7 Å². The normalized spacial score (nSPS) is 24.5. The highest BCUT2D eigenvalue weighted by atomic mass is 32.2. The van der Waals surface area contributed by atoms with Gasteiger partial charge in [0.1, 0.15) is 13.2 Å². The van der Waals surface area contributed by atoms with E-state index in [2.05, 4.69) is 9.47 Å². The van der Waals surface area contributed by atoms with Crippen molar-refractivity contribution in [3.63, 3.8) is 0 Å². The number of aliphatic hydroxyl groups is 1. The minimum absolute atomic E-state index is 0. The Labute approximate surface area is 186 Å². The predicted octanol–water partition coefficient (Wildman–Crippen LogP) is -1.35. The molecule has 4 amide bonds. The van der Waals surface area contributed by atoms with Crippen LogP contribution in [0.2, 0.25) is 0 Å². The fourth-order valence-electron chi connectivity index (χ4n) is 3.15. The third-order valence-corrected chi connectivity index (χ3v) is 6.21. The third-order valence-electron chi connectivity index (χ3n) is 5.26. The quantitative estimate of drug-likeness (QED) is 0.288. The first-order valence-electron chi connectivity index (χ1n) is 9.46. The zero-order valence-electron chi connectivity index (χ0n) is 17.0. The molecule has 0 aromatic rings. The summed E-state index contributed by atoms with van der Waals surface area (Å²) in [5.41, 5.74) is 5.01. The topological polar surface area (TPSA) is 197 Å². The Bertz CT molecular complexity index is 835. The predicted molar refractivity (Wildman–Crippen MR) is 108 cm³/mol. The van der Waals surface area contributed by atoms with Crippen molar-refractivity contribution in [2.24, 2.45) is 17.6 Å². The number of cyclic esters (lactones) is 2. The van der Waals surface area contributed by atoms with Crippen LogP contribution in [0.3, 0.4) is 0 Å². The van der Waals surface area contributed by atoms with Gasteiger partial charge in [-0.1, -0.05) is 21.3 Å². The van der Waals surface area contributed by atoms with Gasteiger partial charge in [0.05, 0.1) is 43.6 Å². The zero-order chi connectivity index (χ0) is 23.5. The van der Waals surface area contributed by atoms with Crippen LogP contribution in [0.4, 0.5) is 9.59 Å². The number of ether oxygens (including phenoxy) is 2. The van der Waals surface area contributed by atoms with Crippen LogP contribution in [0, 0.1) is 11.8 Å². The Morgan fingerprint density at radius 1 is 1.16 bits per heavy atom. The fourth-order valence-corrected chi connectivity index (χ4v) is 4.13. The number of aliphatic hydroxyl groups excluding tert-OH is 1. The smallest absolute Gasteiger partial charge is 0.410 e. The van der Waals surface area contributed by atoms with E-state index in [9.17, 15) is 32.7 Å². The summed E-state index contributed by atoms with van der Waals surface area (Å²) in [6, 6.07) is -0.719. The number of primary amides is 1. The molecule has 32 heavy (non-hydrogen) atoms. The van der Waals surface area contributed by atoms with Crippen LogP contribution in [-0.2, 0) is 29.4 Å². The molecule has 3 rings (SSSR count). The van der Waals surface area contributed by atoms with Crippen LogP contribution in [0.1, 0.15) is 21.3 Å². The van der Waals surface area contributed by atoms with Crippen molar-refractivity contribution in [1.82, 2.24) is 14.1 Å². The molecule has 0 bridgehead atoms. The van der Waals surface area contributed by atoms with E-state index in [-0.39, 0.29) is 27.1 Å². The average Bonchev–Trinajstić information content (AvgIpc) is 3.27. The molecule has 0 unspecified atom stereocenters. The molecule has 3 aliphatic heterocycles. The first-order chi connectivity index (χ1) is 14.3. The zero-order valence-corrected chi connectivity index (χ0v) is 17.9. The number of β-amino-alcohol motifs (C(OH)–C–C–N with tert-alkyl or cyclic N) is 1. The Hall–Kier alpha value is -2.65. The summed E-state index contributed by atoms with van der Waals surface area (Å²) in [5, 5.41) is 9.52. The number of nitrogens with zero attached hydrogens (tertiary/aromatic N) is 3. The lowest BCUT2D eigenvalue weighted by atomic mass is 9.92. The van der Waals surface area contributed by atoms with Crippen LogP contribution < -0.4 is 5.73 Å². The van der Waals surface area contributed by atoms with Gasteiger partial charge < -0.3 is 30.1 Å². The highest BCUT2D eigenvalue weighted by Crippen LogP contribution is 2.30. The van der Waals surface area contributed by atoms with Crippen LogP contribution in [0.15, 0.2) is 0 Å². The molecule has 4 N–H and O–H groups in total. The molecule has 15 heteroatoms. The Balaban J connectivity index is 0.000000316. The van der Waals surface area contributed by atoms with E-state index in [0.29, 0.717) is 24.0 Å². The van der Waals surface area contributed by atoms with Crippen molar-refractivity contribution in [1.29, 1.82) is 0 Å². The highest BCUT2D eigenvalue weighted by molar-refractivity contribution is 7.84. The van der Waals surface area contributed by atoms with Crippen LogP contribution in [0.25, 0.3) is 0 Å². The minimum atomic E-state index is -4.55. The maximum absolute atomic E-state index is 11.3. The van der Waals surface area contributed by atoms with E-state index in [1.807, 2.05) is 0 Å². The van der Waals surface area contributed by atoms with E-state index >= 15 is 0 Å². The second-order valence-electron chi connectivity index (χ2n) is 7.35. The van der Waals surface area contributed by atoms with E-state index in [4.69, 9.17) is 10.3 Å². The molecule has 0 aromatic heterocycles. The summed E-state index contributed by atoms with van der Waals surface area (Å²) in [5.74, 6) is -2.44. The van der Waals surface area contributed by atoms with Gasteiger partial charge in [0.15, 0.2) is 0 Å². The lowest BCUT2D eigenvalue weighted by molar-refractivity contribution is -0.146. The number of amides is 4. The second-order valence-corrected chi connectivity index (χ2v) is 8.64.